The number of hydrogen-bond acceptors (Lipinski definition) is 2. The van der Waals surface area contributed by atoms with Gasteiger partial charge in [-0.2, -0.15) is 0 Å². The standard InChI is InChI=1S/C13H25ClO2/c1-4-6-7-12(5-2)9-8-11(3)16-13(15)10-14/h11-12H,4-10H2,1-3H3/t11-,12+/m1/s1. The number of esters is 1. The first-order valence-electron chi connectivity index (χ1n) is 6.39. The second kappa shape index (κ2) is 9.95. The van der Waals surface area contributed by atoms with E-state index >= 15 is 0 Å². The van der Waals surface area contributed by atoms with Crippen LogP contribution in [0.2, 0.25) is 0 Å². The maximum absolute atomic E-state index is 11.0. The molecule has 0 aromatic heterocycles. The Morgan fingerprint density at radius 1 is 1.25 bits per heavy atom. The third kappa shape index (κ3) is 7.98. The summed E-state index contributed by atoms with van der Waals surface area (Å²) >= 11 is 5.38. The fourth-order valence-electron chi connectivity index (χ4n) is 1.83. The largest absolute Gasteiger partial charge is 0.462 e. The molecule has 0 radical (unpaired) electrons. The Labute approximate surface area is 105 Å². The fourth-order valence-corrected chi connectivity index (χ4v) is 1.89. The molecule has 0 fully saturated rings. The third-order valence-electron chi connectivity index (χ3n) is 2.97. The van der Waals surface area contributed by atoms with Gasteiger partial charge in [-0.3, -0.25) is 4.79 Å². The second-order valence-electron chi connectivity index (χ2n) is 4.43. The van der Waals surface area contributed by atoms with Crippen molar-refractivity contribution in [2.75, 3.05) is 5.88 Å². The molecule has 3 heteroatoms. The van der Waals surface area contributed by atoms with E-state index in [4.69, 9.17) is 16.3 Å². The van der Waals surface area contributed by atoms with Gasteiger partial charge in [0.1, 0.15) is 5.88 Å². The summed E-state index contributed by atoms with van der Waals surface area (Å²) in [6.45, 7) is 6.39. The molecule has 0 aromatic rings. The summed E-state index contributed by atoms with van der Waals surface area (Å²) in [6.07, 6.45) is 7.17. The van der Waals surface area contributed by atoms with Crippen LogP contribution < -0.4 is 0 Å². The first kappa shape index (κ1) is 15.8. The molecule has 0 heterocycles. The van der Waals surface area contributed by atoms with Gasteiger partial charge in [0.2, 0.25) is 0 Å². The molecule has 96 valence electrons. The highest BCUT2D eigenvalue weighted by Gasteiger charge is 2.11. The van der Waals surface area contributed by atoms with Crippen LogP contribution in [0.5, 0.6) is 0 Å². The van der Waals surface area contributed by atoms with Gasteiger partial charge in [0.05, 0.1) is 6.10 Å². The van der Waals surface area contributed by atoms with Crippen LogP contribution in [-0.2, 0) is 9.53 Å². The SMILES string of the molecule is CCCC[C@H](CC)CC[C@@H](C)OC(=O)CCl. The predicted molar refractivity (Wildman–Crippen MR) is 68.8 cm³/mol. The van der Waals surface area contributed by atoms with Gasteiger partial charge in [0.25, 0.3) is 0 Å². The van der Waals surface area contributed by atoms with Crippen molar-refractivity contribution >= 4 is 17.6 Å². The zero-order chi connectivity index (χ0) is 12.4. The van der Waals surface area contributed by atoms with E-state index in [0.29, 0.717) is 0 Å². The van der Waals surface area contributed by atoms with Gasteiger partial charge in [0.15, 0.2) is 0 Å². The number of carbonyl (C=O) groups is 1. The molecule has 0 saturated heterocycles. The first-order valence-corrected chi connectivity index (χ1v) is 6.92. The van der Waals surface area contributed by atoms with Crippen LogP contribution in [0.15, 0.2) is 0 Å². The predicted octanol–water partition coefficient (Wildman–Crippen LogP) is 4.15. The van der Waals surface area contributed by atoms with E-state index in [0.717, 1.165) is 18.8 Å². The van der Waals surface area contributed by atoms with Crippen LogP contribution in [-0.4, -0.2) is 18.0 Å². The molecular weight excluding hydrogens is 224 g/mol. The van der Waals surface area contributed by atoms with E-state index in [1.807, 2.05) is 6.92 Å². The molecule has 0 bridgehead atoms. The summed E-state index contributed by atoms with van der Waals surface area (Å²) in [6, 6.07) is 0. The van der Waals surface area contributed by atoms with Gasteiger partial charge in [0, 0.05) is 0 Å². The molecule has 0 saturated carbocycles. The minimum absolute atomic E-state index is 0.00178. The average Bonchev–Trinajstić information content (AvgIpc) is 2.29. The topological polar surface area (TPSA) is 26.3 Å². The van der Waals surface area contributed by atoms with E-state index in [1.54, 1.807) is 0 Å². The molecule has 0 aliphatic carbocycles. The Hall–Kier alpha value is -0.240. The molecule has 2 nitrogen and oxygen atoms in total. The quantitative estimate of drug-likeness (QED) is 0.453. The van der Waals surface area contributed by atoms with Crippen molar-refractivity contribution in [3.05, 3.63) is 0 Å². The van der Waals surface area contributed by atoms with Gasteiger partial charge in [-0.25, -0.2) is 0 Å². The molecule has 0 unspecified atom stereocenters. The minimum Gasteiger partial charge on any atom is -0.462 e. The highest BCUT2D eigenvalue weighted by Crippen LogP contribution is 2.20. The summed E-state index contributed by atoms with van der Waals surface area (Å²) in [5, 5.41) is 0. The zero-order valence-electron chi connectivity index (χ0n) is 10.8. The molecular formula is C13H25ClO2. The van der Waals surface area contributed by atoms with Crippen LogP contribution in [0.25, 0.3) is 0 Å². The lowest BCUT2D eigenvalue weighted by molar-refractivity contribution is -0.145. The molecule has 0 spiro atoms. The fraction of sp³-hybridized carbons (Fsp3) is 0.923. The van der Waals surface area contributed by atoms with E-state index in [2.05, 4.69) is 13.8 Å². The van der Waals surface area contributed by atoms with Crippen molar-refractivity contribution in [3.63, 3.8) is 0 Å². The lowest BCUT2D eigenvalue weighted by Gasteiger charge is -2.17. The lowest BCUT2D eigenvalue weighted by atomic mass is 9.93. The van der Waals surface area contributed by atoms with E-state index in [9.17, 15) is 4.79 Å². The monoisotopic (exact) mass is 248 g/mol. The maximum atomic E-state index is 11.0. The molecule has 0 rings (SSSR count). The Kier molecular flexibility index (Phi) is 9.80. The minimum atomic E-state index is -0.309. The van der Waals surface area contributed by atoms with Gasteiger partial charge < -0.3 is 4.74 Å². The molecule has 16 heavy (non-hydrogen) atoms. The summed E-state index contributed by atoms with van der Waals surface area (Å²) < 4.78 is 5.13. The molecule has 0 aliphatic rings. The molecule has 0 aromatic carbocycles. The number of carbonyl (C=O) groups excluding carboxylic acids is 1. The highest BCUT2D eigenvalue weighted by atomic mass is 35.5. The molecule has 0 N–H and O–H groups in total. The smallest absolute Gasteiger partial charge is 0.321 e. The first-order chi connectivity index (χ1) is 7.63. The number of hydrogen-bond donors (Lipinski definition) is 0. The second-order valence-corrected chi connectivity index (χ2v) is 4.70. The molecule has 0 amide bonds. The van der Waals surface area contributed by atoms with E-state index < -0.39 is 0 Å². The van der Waals surface area contributed by atoms with Crippen LogP contribution >= 0.6 is 11.6 Å². The van der Waals surface area contributed by atoms with E-state index in [-0.39, 0.29) is 18.0 Å². The Bertz CT molecular complexity index is 183. The van der Waals surface area contributed by atoms with E-state index in [1.165, 1.54) is 25.7 Å². The Balaban J connectivity index is 3.69. The summed E-state index contributed by atoms with van der Waals surface area (Å²) in [5.41, 5.74) is 0. The van der Waals surface area contributed by atoms with Crippen molar-refractivity contribution in [2.45, 2.75) is 65.4 Å². The van der Waals surface area contributed by atoms with Gasteiger partial charge in [-0.1, -0.05) is 39.5 Å². The number of halogens is 1. The van der Waals surface area contributed by atoms with Gasteiger partial charge >= 0.3 is 5.97 Å². The van der Waals surface area contributed by atoms with Crippen LogP contribution in [0.1, 0.15) is 59.3 Å². The highest BCUT2D eigenvalue weighted by molar-refractivity contribution is 6.26. The van der Waals surface area contributed by atoms with Gasteiger partial charge in [-0.05, 0) is 25.7 Å². The summed E-state index contributed by atoms with van der Waals surface area (Å²) in [5.74, 6) is 0.421. The maximum Gasteiger partial charge on any atom is 0.321 e. The molecule has 0 aliphatic heterocycles. The molecule has 2 atom stereocenters. The Morgan fingerprint density at radius 2 is 1.94 bits per heavy atom. The summed E-state index contributed by atoms with van der Waals surface area (Å²) in [7, 11) is 0. The number of unbranched alkanes of at least 4 members (excludes halogenated alkanes) is 1. The van der Waals surface area contributed by atoms with Crippen molar-refractivity contribution < 1.29 is 9.53 Å². The summed E-state index contributed by atoms with van der Waals surface area (Å²) in [4.78, 5) is 11.0. The third-order valence-corrected chi connectivity index (χ3v) is 3.18. The normalized spacial score (nSPS) is 14.5. The number of alkyl halides is 1. The van der Waals surface area contributed by atoms with Crippen LogP contribution in [0.4, 0.5) is 0 Å². The van der Waals surface area contributed by atoms with Crippen LogP contribution in [0.3, 0.4) is 0 Å². The zero-order valence-corrected chi connectivity index (χ0v) is 11.6. The van der Waals surface area contributed by atoms with Crippen molar-refractivity contribution in [3.8, 4) is 0 Å². The average molecular weight is 249 g/mol. The van der Waals surface area contributed by atoms with Gasteiger partial charge in [-0.15, -0.1) is 11.6 Å². The van der Waals surface area contributed by atoms with Crippen LogP contribution in [0, 0.1) is 5.92 Å². The number of ether oxygens (including phenoxy) is 1. The Morgan fingerprint density at radius 3 is 2.44 bits per heavy atom. The van der Waals surface area contributed by atoms with Crippen molar-refractivity contribution in [1.82, 2.24) is 0 Å². The van der Waals surface area contributed by atoms with Crippen molar-refractivity contribution in [2.24, 2.45) is 5.92 Å². The van der Waals surface area contributed by atoms with Crippen molar-refractivity contribution in [1.29, 1.82) is 0 Å². The number of rotatable bonds is 9. The lowest BCUT2D eigenvalue weighted by Crippen LogP contribution is -2.17.